The molecule has 1 aliphatic heterocycles. The fraction of sp³-hybridized carbons (Fsp3) is 0.385. The first-order valence-electron chi connectivity index (χ1n) is 5.92. The molecule has 19 heavy (non-hydrogen) atoms. The van der Waals surface area contributed by atoms with Crippen molar-refractivity contribution in [2.45, 2.75) is 25.8 Å². The van der Waals surface area contributed by atoms with Crippen LogP contribution in [0.5, 0.6) is 0 Å². The molecule has 0 unspecified atom stereocenters. The van der Waals surface area contributed by atoms with Gasteiger partial charge in [-0.15, -0.1) is 0 Å². The summed E-state index contributed by atoms with van der Waals surface area (Å²) in [5.74, 6) is -2.48. The summed E-state index contributed by atoms with van der Waals surface area (Å²) in [6, 6.07) is 2.01. The SMILES string of the molecule is Cc1ccc(C(=O)N2CCC[C@@H]2C(=O)O)c(F)c1Cl. The van der Waals surface area contributed by atoms with E-state index in [4.69, 9.17) is 16.7 Å². The molecule has 0 aliphatic carbocycles. The van der Waals surface area contributed by atoms with E-state index in [1.807, 2.05) is 0 Å². The number of amides is 1. The lowest BCUT2D eigenvalue weighted by Crippen LogP contribution is -2.40. The standard InChI is InChI=1S/C13H13ClFNO3/c1-7-4-5-8(11(15)10(7)14)12(17)16-6-2-3-9(16)13(18)19/h4-5,9H,2-3,6H2,1H3,(H,18,19)/t9-/m1/s1. The summed E-state index contributed by atoms with van der Waals surface area (Å²) in [5, 5.41) is 8.93. The Morgan fingerprint density at radius 3 is 2.79 bits per heavy atom. The molecule has 1 amide bonds. The molecule has 0 spiro atoms. The molecule has 1 atom stereocenters. The van der Waals surface area contributed by atoms with E-state index in [9.17, 15) is 14.0 Å². The molecule has 0 aromatic heterocycles. The van der Waals surface area contributed by atoms with E-state index in [1.165, 1.54) is 11.0 Å². The van der Waals surface area contributed by atoms with Gasteiger partial charge in [-0.2, -0.15) is 0 Å². The van der Waals surface area contributed by atoms with Crippen LogP contribution in [0.15, 0.2) is 12.1 Å². The van der Waals surface area contributed by atoms with Gasteiger partial charge in [0.25, 0.3) is 5.91 Å². The molecule has 1 fully saturated rings. The second-order valence-corrected chi connectivity index (χ2v) is 4.93. The molecule has 1 heterocycles. The van der Waals surface area contributed by atoms with Crippen LogP contribution < -0.4 is 0 Å². The minimum absolute atomic E-state index is 0.100. The van der Waals surface area contributed by atoms with Crippen molar-refractivity contribution in [3.8, 4) is 0 Å². The van der Waals surface area contributed by atoms with Crippen molar-refractivity contribution in [2.75, 3.05) is 6.54 Å². The first-order chi connectivity index (χ1) is 8.93. The van der Waals surface area contributed by atoms with Gasteiger partial charge >= 0.3 is 5.97 Å². The van der Waals surface area contributed by atoms with Gasteiger partial charge in [0.1, 0.15) is 6.04 Å². The topological polar surface area (TPSA) is 57.6 Å². The molecule has 1 saturated heterocycles. The van der Waals surface area contributed by atoms with Gasteiger partial charge < -0.3 is 10.0 Å². The van der Waals surface area contributed by atoms with Crippen molar-refractivity contribution in [1.82, 2.24) is 4.90 Å². The highest BCUT2D eigenvalue weighted by atomic mass is 35.5. The maximum Gasteiger partial charge on any atom is 0.326 e. The number of carbonyl (C=O) groups excluding carboxylic acids is 1. The Labute approximate surface area is 114 Å². The van der Waals surface area contributed by atoms with Gasteiger partial charge in [0.05, 0.1) is 10.6 Å². The number of hydrogen-bond donors (Lipinski definition) is 1. The van der Waals surface area contributed by atoms with E-state index in [1.54, 1.807) is 13.0 Å². The van der Waals surface area contributed by atoms with Gasteiger partial charge in [-0.25, -0.2) is 9.18 Å². The highest BCUT2D eigenvalue weighted by Gasteiger charge is 2.35. The van der Waals surface area contributed by atoms with Crippen molar-refractivity contribution >= 4 is 23.5 Å². The molecule has 2 rings (SSSR count). The van der Waals surface area contributed by atoms with Gasteiger partial charge in [0.15, 0.2) is 5.82 Å². The fourth-order valence-corrected chi connectivity index (χ4v) is 2.40. The zero-order chi connectivity index (χ0) is 14.2. The van der Waals surface area contributed by atoms with Crippen molar-refractivity contribution in [1.29, 1.82) is 0 Å². The predicted molar refractivity (Wildman–Crippen MR) is 67.8 cm³/mol. The van der Waals surface area contributed by atoms with Crippen molar-refractivity contribution in [3.05, 3.63) is 34.1 Å². The molecular weight excluding hydrogens is 273 g/mol. The number of likely N-dealkylation sites (tertiary alicyclic amines) is 1. The maximum atomic E-state index is 14.0. The smallest absolute Gasteiger partial charge is 0.326 e. The summed E-state index contributed by atoms with van der Waals surface area (Å²) in [6.45, 7) is 1.95. The number of hydrogen-bond acceptors (Lipinski definition) is 2. The minimum atomic E-state index is -1.07. The Morgan fingerprint density at radius 1 is 1.47 bits per heavy atom. The molecule has 102 valence electrons. The number of carboxylic acid groups (broad SMARTS) is 1. The molecule has 6 heteroatoms. The Hall–Kier alpha value is -1.62. The summed E-state index contributed by atoms with van der Waals surface area (Å²) in [5.41, 5.74) is 0.357. The van der Waals surface area contributed by atoms with E-state index >= 15 is 0 Å². The van der Waals surface area contributed by atoms with Gasteiger partial charge in [-0.3, -0.25) is 4.79 Å². The Bertz CT molecular complexity index is 547. The van der Waals surface area contributed by atoms with Crippen LogP contribution >= 0.6 is 11.6 Å². The van der Waals surface area contributed by atoms with Gasteiger partial charge in [0, 0.05) is 6.54 Å². The normalized spacial score (nSPS) is 18.7. The van der Waals surface area contributed by atoms with Crippen molar-refractivity contribution in [3.63, 3.8) is 0 Å². The highest BCUT2D eigenvalue weighted by Crippen LogP contribution is 2.26. The number of halogens is 2. The van der Waals surface area contributed by atoms with Crippen molar-refractivity contribution < 1.29 is 19.1 Å². The average molecular weight is 286 g/mol. The van der Waals surface area contributed by atoms with E-state index in [0.717, 1.165) is 0 Å². The lowest BCUT2D eigenvalue weighted by molar-refractivity contribution is -0.141. The van der Waals surface area contributed by atoms with Gasteiger partial charge in [-0.05, 0) is 31.4 Å². The summed E-state index contributed by atoms with van der Waals surface area (Å²) >= 11 is 5.77. The lowest BCUT2D eigenvalue weighted by atomic mass is 10.1. The number of carbonyl (C=O) groups is 2. The van der Waals surface area contributed by atoms with Gasteiger partial charge in [-0.1, -0.05) is 17.7 Å². The molecule has 0 radical (unpaired) electrons. The third kappa shape index (κ3) is 2.42. The molecule has 1 aliphatic rings. The number of carboxylic acids is 1. The first kappa shape index (κ1) is 13.8. The Morgan fingerprint density at radius 2 is 2.16 bits per heavy atom. The van der Waals surface area contributed by atoms with E-state index in [2.05, 4.69) is 0 Å². The highest BCUT2D eigenvalue weighted by molar-refractivity contribution is 6.31. The molecule has 0 saturated carbocycles. The van der Waals surface area contributed by atoms with Crippen LogP contribution in [0.3, 0.4) is 0 Å². The molecule has 1 aromatic rings. The monoisotopic (exact) mass is 285 g/mol. The summed E-state index contributed by atoms with van der Waals surface area (Å²) < 4.78 is 14.0. The van der Waals surface area contributed by atoms with E-state index < -0.39 is 23.7 Å². The van der Waals surface area contributed by atoms with Crippen LogP contribution in [0.1, 0.15) is 28.8 Å². The summed E-state index contributed by atoms with van der Waals surface area (Å²) in [4.78, 5) is 24.4. The van der Waals surface area contributed by atoms with Crippen LogP contribution in [0.2, 0.25) is 5.02 Å². The number of nitrogens with zero attached hydrogens (tertiary/aromatic N) is 1. The zero-order valence-electron chi connectivity index (χ0n) is 10.3. The quantitative estimate of drug-likeness (QED) is 0.908. The minimum Gasteiger partial charge on any atom is -0.480 e. The van der Waals surface area contributed by atoms with Crippen LogP contribution in [-0.4, -0.2) is 34.5 Å². The average Bonchev–Trinajstić information content (AvgIpc) is 2.84. The molecule has 1 N–H and O–H groups in total. The lowest BCUT2D eigenvalue weighted by Gasteiger charge is -2.22. The third-order valence-corrected chi connectivity index (χ3v) is 3.77. The Balaban J connectivity index is 2.35. The molecular formula is C13H13ClFNO3. The van der Waals surface area contributed by atoms with Crippen LogP contribution in [-0.2, 0) is 4.79 Å². The number of rotatable bonds is 2. The second-order valence-electron chi connectivity index (χ2n) is 4.55. The van der Waals surface area contributed by atoms with Crippen LogP contribution in [0, 0.1) is 12.7 Å². The predicted octanol–water partition coefficient (Wildman–Crippen LogP) is 2.48. The van der Waals surface area contributed by atoms with Gasteiger partial charge in [0.2, 0.25) is 0 Å². The van der Waals surface area contributed by atoms with E-state index in [-0.39, 0.29) is 10.6 Å². The molecule has 1 aromatic carbocycles. The number of aryl methyl sites for hydroxylation is 1. The van der Waals surface area contributed by atoms with Crippen LogP contribution in [0.25, 0.3) is 0 Å². The first-order valence-corrected chi connectivity index (χ1v) is 6.29. The third-order valence-electron chi connectivity index (χ3n) is 3.30. The summed E-state index contributed by atoms with van der Waals surface area (Å²) in [6.07, 6.45) is 0.992. The maximum absolute atomic E-state index is 14.0. The molecule has 0 bridgehead atoms. The number of benzene rings is 1. The van der Waals surface area contributed by atoms with Crippen molar-refractivity contribution in [2.24, 2.45) is 0 Å². The number of aliphatic carboxylic acids is 1. The summed E-state index contributed by atoms with van der Waals surface area (Å²) in [7, 11) is 0. The Kier molecular flexibility index (Phi) is 3.75. The van der Waals surface area contributed by atoms with Crippen LogP contribution in [0.4, 0.5) is 4.39 Å². The largest absolute Gasteiger partial charge is 0.480 e. The second kappa shape index (κ2) is 5.17. The van der Waals surface area contributed by atoms with E-state index in [0.29, 0.717) is 24.9 Å². The fourth-order valence-electron chi connectivity index (χ4n) is 2.23. The zero-order valence-corrected chi connectivity index (χ0v) is 11.1. The molecule has 4 nitrogen and oxygen atoms in total.